The van der Waals surface area contributed by atoms with Crippen LogP contribution in [0.2, 0.25) is 0 Å². The lowest BCUT2D eigenvalue weighted by molar-refractivity contribution is -0.141. The van der Waals surface area contributed by atoms with E-state index in [2.05, 4.69) is 25.6 Å². The number of aromatic nitrogens is 3. The molecule has 1 aliphatic carbocycles. The highest BCUT2D eigenvalue weighted by atomic mass is 32.1. The number of rotatable bonds is 7. The van der Waals surface area contributed by atoms with Crippen LogP contribution < -0.4 is 10.6 Å². The summed E-state index contributed by atoms with van der Waals surface area (Å²) >= 11 is 1.42. The van der Waals surface area contributed by atoms with Gasteiger partial charge in [0.05, 0.1) is 4.88 Å². The van der Waals surface area contributed by atoms with Crippen molar-refractivity contribution < 1.29 is 23.1 Å². The maximum absolute atomic E-state index is 12.9. The lowest BCUT2D eigenvalue weighted by atomic mass is 10.1. The van der Waals surface area contributed by atoms with E-state index < -0.39 is 23.4 Å². The largest absolute Gasteiger partial charge is 0.480 e. The van der Waals surface area contributed by atoms with Crippen LogP contribution in [0.15, 0.2) is 36.7 Å². The first-order valence-corrected chi connectivity index (χ1v) is 10.2. The van der Waals surface area contributed by atoms with Gasteiger partial charge in [-0.15, -0.1) is 11.3 Å². The molecule has 3 N–H and O–H groups in total. The predicted molar refractivity (Wildman–Crippen MR) is 109 cm³/mol. The SMILES string of the molecule is Cc1cc(Nc2nccc(C(F)(F)F)n2)cc(-c2cnc(CNC3(C(=O)O)CC3)s2)c1. The predicted octanol–water partition coefficient (Wildman–Crippen LogP) is 4.38. The molecule has 1 aliphatic rings. The number of halogens is 3. The molecule has 1 fully saturated rings. The number of hydrogen-bond donors (Lipinski definition) is 3. The number of anilines is 2. The minimum absolute atomic E-state index is 0.149. The van der Waals surface area contributed by atoms with E-state index in [1.807, 2.05) is 13.0 Å². The molecule has 2 heterocycles. The Morgan fingerprint density at radius 2 is 2.03 bits per heavy atom. The number of hydrogen-bond acceptors (Lipinski definition) is 7. The highest BCUT2D eigenvalue weighted by Crippen LogP contribution is 2.36. The van der Waals surface area contributed by atoms with Gasteiger partial charge in [-0.1, -0.05) is 6.07 Å². The minimum Gasteiger partial charge on any atom is -0.480 e. The van der Waals surface area contributed by atoms with Gasteiger partial charge in [0, 0.05) is 24.6 Å². The summed E-state index contributed by atoms with van der Waals surface area (Å²) in [6.45, 7) is 2.22. The van der Waals surface area contributed by atoms with Crippen molar-refractivity contribution in [3.05, 3.63) is 52.9 Å². The van der Waals surface area contributed by atoms with Crippen LogP contribution in [0.5, 0.6) is 0 Å². The number of alkyl halides is 3. The van der Waals surface area contributed by atoms with Crippen molar-refractivity contribution in [2.45, 2.75) is 38.0 Å². The zero-order valence-corrected chi connectivity index (χ0v) is 17.1. The number of carboxylic acid groups (broad SMARTS) is 1. The molecule has 0 atom stereocenters. The van der Waals surface area contributed by atoms with E-state index >= 15 is 0 Å². The summed E-state index contributed by atoms with van der Waals surface area (Å²) in [5, 5.41) is 15.9. The Morgan fingerprint density at radius 3 is 2.71 bits per heavy atom. The molecular weight excluding hydrogens is 431 g/mol. The molecular formula is C20H18F3N5O2S. The molecule has 162 valence electrons. The average molecular weight is 449 g/mol. The van der Waals surface area contributed by atoms with Crippen molar-refractivity contribution >= 4 is 28.9 Å². The number of nitrogens with zero attached hydrogens (tertiary/aromatic N) is 3. The molecule has 0 aliphatic heterocycles. The quantitative estimate of drug-likeness (QED) is 0.492. The summed E-state index contributed by atoms with van der Waals surface area (Å²) in [4.78, 5) is 23.9. The second-order valence-corrected chi connectivity index (χ2v) is 8.45. The number of aryl methyl sites for hydroxylation is 1. The fourth-order valence-corrected chi connectivity index (χ4v) is 3.91. The van der Waals surface area contributed by atoms with Crippen LogP contribution in [0.4, 0.5) is 24.8 Å². The van der Waals surface area contributed by atoms with Crippen LogP contribution in [0, 0.1) is 6.92 Å². The summed E-state index contributed by atoms with van der Waals surface area (Å²) in [5.41, 5.74) is 0.412. The van der Waals surface area contributed by atoms with Gasteiger partial charge in [-0.05, 0) is 49.1 Å². The number of carboxylic acids is 1. The van der Waals surface area contributed by atoms with Gasteiger partial charge in [-0.25, -0.2) is 15.0 Å². The molecule has 11 heteroatoms. The number of carbonyl (C=O) groups is 1. The smallest absolute Gasteiger partial charge is 0.433 e. The summed E-state index contributed by atoms with van der Waals surface area (Å²) < 4.78 is 38.6. The monoisotopic (exact) mass is 449 g/mol. The van der Waals surface area contributed by atoms with Gasteiger partial charge in [-0.3, -0.25) is 10.1 Å². The summed E-state index contributed by atoms with van der Waals surface area (Å²) in [6.07, 6.45) is -0.595. The molecule has 4 rings (SSSR count). The summed E-state index contributed by atoms with van der Waals surface area (Å²) in [5.74, 6) is -1.00. The first-order valence-electron chi connectivity index (χ1n) is 9.37. The molecule has 3 aromatic rings. The number of aliphatic carboxylic acids is 1. The van der Waals surface area contributed by atoms with Crippen molar-refractivity contribution in [3.8, 4) is 10.4 Å². The van der Waals surface area contributed by atoms with Crippen molar-refractivity contribution in [1.29, 1.82) is 0 Å². The van der Waals surface area contributed by atoms with Gasteiger partial charge < -0.3 is 10.4 Å². The van der Waals surface area contributed by atoms with E-state index in [1.165, 1.54) is 11.3 Å². The van der Waals surface area contributed by atoms with E-state index in [0.717, 1.165) is 33.3 Å². The lowest BCUT2D eigenvalue weighted by Crippen LogP contribution is -2.38. The molecule has 7 nitrogen and oxygen atoms in total. The first-order chi connectivity index (χ1) is 14.6. The average Bonchev–Trinajstić information content (AvgIpc) is 3.35. The third kappa shape index (κ3) is 4.83. The van der Waals surface area contributed by atoms with Gasteiger partial charge >= 0.3 is 12.1 Å². The van der Waals surface area contributed by atoms with Gasteiger partial charge in [-0.2, -0.15) is 13.2 Å². The zero-order chi connectivity index (χ0) is 22.2. The zero-order valence-electron chi connectivity index (χ0n) is 16.3. The van der Waals surface area contributed by atoms with Gasteiger partial charge in [0.25, 0.3) is 0 Å². The highest BCUT2D eigenvalue weighted by Gasteiger charge is 2.49. The maximum Gasteiger partial charge on any atom is 0.433 e. The summed E-state index contributed by atoms with van der Waals surface area (Å²) in [6, 6.07) is 6.31. The third-order valence-corrected chi connectivity index (χ3v) is 5.90. The molecule has 0 radical (unpaired) electrons. The summed E-state index contributed by atoms with van der Waals surface area (Å²) in [7, 11) is 0. The van der Waals surface area contributed by atoms with Crippen molar-refractivity contribution in [2.75, 3.05) is 5.32 Å². The van der Waals surface area contributed by atoms with E-state index in [1.54, 1.807) is 18.3 Å². The Kier molecular flexibility index (Phi) is 5.40. The standard InChI is InChI=1S/C20H18F3N5O2S/c1-11-6-12(14-9-25-16(31-14)10-26-19(3-4-19)17(29)30)8-13(7-11)27-18-24-5-2-15(28-18)20(21,22)23/h2,5-9,26H,3-4,10H2,1H3,(H,29,30)(H,24,27,28). The molecule has 2 aromatic heterocycles. The molecule has 1 saturated carbocycles. The molecule has 0 saturated heterocycles. The highest BCUT2D eigenvalue weighted by molar-refractivity contribution is 7.15. The van der Waals surface area contributed by atoms with Crippen LogP contribution in [-0.2, 0) is 17.5 Å². The minimum atomic E-state index is -4.55. The van der Waals surface area contributed by atoms with Crippen molar-refractivity contribution in [2.24, 2.45) is 0 Å². The lowest BCUT2D eigenvalue weighted by Gasteiger charge is -2.11. The Morgan fingerprint density at radius 1 is 1.26 bits per heavy atom. The van der Waals surface area contributed by atoms with Gasteiger partial charge in [0.2, 0.25) is 5.95 Å². The maximum atomic E-state index is 12.9. The molecule has 0 bridgehead atoms. The fourth-order valence-electron chi connectivity index (χ4n) is 3.06. The van der Waals surface area contributed by atoms with Gasteiger partial charge in [0.15, 0.2) is 0 Å². The van der Waals surface area contributed by atoms with Crippen LogP contribution in [0.1, 0.15) is 29.1 Å². The number of benzene rings is 1. The van der Waals surface area contributed by atoms with Crippen molar-refractivity contribution in [1.82, 2.24) is 20.3 Å². The fraction of sp³-hybridized carbons (Fsp3) is 0.300. The molecule has 31 heavy (non-hydrogen) atoms. The number of nitrogens with one attached hydrogen (secondary N) is 2. The Labute approximate surface area is 179 Å². The van der Waals surface area contributed by atoms with E-state index in [4.69, 9.17) is 0 Å². The Bertz CT molecular complexity index is 1130. The van der Waals surface area contributed by atoms with Crippen LogP contribution in [-0.4, -0.2) is 31.6 Å². The number of thiazole rings is 1. The second kappa shape index (κ2) is 7.89. The first kappa shape index (κ1) is 21.2. The van der Waals surface area contributed by atoms with Crippen LogP contribution in [0.3, 0.4) is 0 Å². The van der Waals surface area contributed by atoms with E-state index in [9.17, 15) is 23.1 Å². The molecule has 0 unspecified atom stereocenters. The molecule has 0 spiro atoms. The van der Waals surface area contributed by atoms with Crippen molar-refractivity contribution in [3.63, 3.8) is 0 Å². The Balaban J connectivity index is 1.51. The van der Waals surface area contributed by atoms with E-state index in [-0.39, 0.29) is 5.95 Å². The van der Waals surface area contributed by atoms with E-state index in [0.29, 0.717) is 25.1 Å². The second-order valence-electron chi connectivity index (χ2n) is 7.34. The van der Waals surface area contributed by atoms with Crippen LogP contribution >= 0.6 is 11.3 Å². The topological polar surface area (TPSA) is 100 Å². The molecule has 0 amide bonds. The normalized spacial score (nSPS) is 15.0. The van der Waals surface area contributed by atoms with Crippen LogP contribution in [0.25, 0.3) is 10.4 Å². The van der Waals surface area contributed by atoms with Gasteiger partial charge in [0.1, 0.15) is 16.2 Å². The molecule has 1 aromatic carbocycles. The third-order valence-electron chi connectivity index (χ3n) is 4.85. The Hall–Kier alpha value is -3.05.